The van der Waals surface area contributed by atoms with Crippen LogP contribution in [0.4, 0.5) is 5.95 Å². The predicted molar refractivity (Wildman–Crippen MR) is 91.7 cm³/mol. The molecule has 2 fully saturated rings. The first-order valence-electron chi connectivity index (χ1n) is 8.81. The van der Waals surface area contributed by atoms with Crippen molar-refractivity contribution in [3.8, 4) is 11.5 Å². The van der Waals surface area contributed by atoms with E-state index in [1.165, 1.54) is 25.9 Å². The van der Waals surface area contributed by atoms with Gasteiger partial charge in [-0.15, -0.1) is 0 Å². The number of hydrogen-bond donors (Lipinski definition) is 1. The molecule has 2 saturated heterocycles. The number of anilines is 1. The third-order valence-electron chi connectivity index (χ3n) is 5.22. The van der Waals surface area contributed by atoms with E-state index in [-0.39, 0.29) is 12.5 Å². The van der Waals surface area contributed by atoms with Crippen LogP contribution in [0, 0.1) is 11.8 Å². The minimum atomic E-state index is 0.221. The molecule has 128 valence electrons. The van der Waals surface area contributed by atoms with Crippen LogP contribution in [0.1, 0.15) is 12.8 Å². The zero-order chi connectivity index (χ0) is 16.4. The second-order valence-corrected chi connectivity index (χ2v) is 6.88. The van der Waals surface area contributed by atoms with E-state index in [0.29, 0.717) is 17.8 Å². The average molecular weight is 328 g/mol. The molecule has 4 rings (SSSR count). The zero-order valence-corrected chi connectivity index (χ0v) is 13.8. The fourth-order valence-corrected chi connectivity index (χ4v) is 3.85. The van der Waals surface area contributed by atoms with Crippen LogP contribution in [0.5, 0.6) is 0 Å². The van der Waals surface area contributed by atoms with Crippen molar-refractivity contribution in [1.82, 2.24) is 15.0 Å². The third-order valence-corrected chi connectivity index (χ3v) is 5.22. The molecule has 2 aliphatic rings. The minimum absolute atomic E-state index is 0.221. The molecule has 2 aromatic rings. The van der Waals surface area contributed by atoms with E-state index in [4.69, 9.17) is 4.52 Å². The summed E-state index contributed by atoms with van der Waals surface area (Å²) >= 11 is 0. The first kappa shape index (κ1) is 15.6. The number of rotatable bonds is 5. The molecule has 1 aromatic carbocycles. The largest absolute Gasteiger partial charge is 0.396 e. The molecule has 2 atom stereocenters. The van der Waals surface area contributed by atoms with Gasteiger partial charge < -0.3 is 19.4 Å². The number of aliphatic hydroxyl groups excluding tert-OH is 1. The first-order valence-corrected chi connectivity index (χ1v) is 8.81. The summed E-state index contributed by atoms with van der Waals surface area (Å²) in [5, 5.41) is 13.9. The Hall–Kier alpha value is -1.92. The summed E-state index contributed by atoms with van der Waals surface area (Å²) in [4.78, 5) is 9.22. The van der Waals surface area contributed by atoms with Gasteiger partial charge >= 0.3 is 0 Å². The first-order chi connectivity index (χ1) is 11.8. The van der Waals surface area contributed by atoms with Crippen molar-refractivity contribution in [2.45, 2.75) is 12.8 Å². The summed E-state index contributed by atoms with van der Waals surface area (Å²) in [6, 6.07) is 9.82. The number of aliphatic hydroxyl groups is 1. The quantitative estimate of drug-likeness (QED) is 0.904. The Kier molecular flexibility index (Phi) is 4.49. The summed E-state index contributed by atoms with van der Waals surface area (Å²) in [7, 11) is 0. The van der Waals surface area contributed by atoms with E-state index in [1.54, 1.807) is 0 Å². The monoisotopic (exact) mass is 328 g/mol. The number of hydrogen-bond acceptors (Lipinski definition) is 6. The van der Waals surface area contributed by atoms with Crippen LogP contribution < -0.4 is 4.90 Å². The highest BCUT2D eigenvalue weighted by atomic mass is 16.5. The lowest BCUT2D eigenvalue weighted by atomic mass is 9.96. The van der Waals surface area contributed by atoms with Crippen LogP contribution in [-0.4, -0.2) is 59.5 Å². The maximum atomic E-state index is 9.75. The van der Waals surface area contributed by atoms with Crippen molar-refractivity contribution in [2.24, 2.45) is 11.8 Å². The smallest absolute Gasteiger partial charge is 0.266 e. The molecule has 3 heterocycles. The highest BCUT2D eigenvalue weighted by Crippen LogP contribution is 2.29. The van der Waals surface area contributed by atoms with Gasteiger partial charge in [0.2, 0.25) is 0 Å². The van der Waals surface area contributed by atoms with Gasteiger partial charge in [-0.05, 0) is 49.1 Å². The van der Waals surface area contributed by atoms with E-state index in [2.05, 4.69) is 19.9 Å². The Bertz CT molecular complexity index is 654. The highest BCUT2D eigenvalue weighted by molar-refractivity contribution is 5.54. The van der Waals surface area contributed by atoms with Crippen molar-refractivity contribution >= 4 is 5.95 Å². The van der Waals surface area contributed by atoms with Gasteiger partial charge in [0.25, 0.3) is 11.8 Å². The number of likely N-dealkylation sites (tertiary alicyclic amines) is 1. The molecule has 2 aliphatic heterocycles. The molecule has 0 radical (unpaired) electrons. The van der Waals surface area contributed by atoms with Crippen LogP contribution in [-0.2, 0) is 0 Å². The maximum absolute atomic E-state index is 9.75. The molecule has 2 unspecified atom stereocenters. The minimum Gasteiger partial charge on any atom is -0.396 e. The third kappa shape index (κ3) is 3.16. The Morgan fingerprint density at radius 1 is 1.08 bits per heavy atom. The lowest BCUT2D eigenvalue weighted by Gasteiger charge is -2.22. The van der Waals surface area contributed by atoms with E-state index < -0.39 is 0 Å². The van der Waals surface area contributed by atoms with Gasteiger partial charge in [-0.25, -0.2) is 0 Å². The number of nitrogens with zero attached hydrogens (tertiary/aromatic N) is 4. The fourth-order valence-electron chi connectivity index (χ4n) is 3.85. The van der Waals surface area contributed by atoms with Crippen molar-refractivity contribution in [3.63, 3.8) is 0 Å². The van der Waals surface area contributed by atoms with E-state index in [9.17, 15) is 5.11 Å². The van der Waals surface area contributed by atoms with Crippen molar-refractivity contribution in [1.29, 1.82) is 0 Å². The van der Waals surface area contributed by atoms with Crippen LogP contribution in [0.3, 0.4) is 0 Å². The SMILES string of the molecule is OCC1CN(c2noc(-c3ccccc3)n2)CC1CN1CCCC1. The molecule has 0 aliphatic carbocycles. The van der Waals surface area contributed by atoms with Crippen LogP contribution in [0.2, 0.25) is 0 Å². The van der Waals surface area contributed by atoms with Gasteiger partial charge in [-0.1, -0.05) is 18.2 Å². The maximum Gasteiger partial charge on any atom is 0.266 e. The molecular formula is C18H24N4O2. The molecule has 6 heteroatoms. The van der Waals surface area contributed by atoms with Crippen molar-refractivity contribution < 1.29 is 9.63 Å². The van der Waals surface area contributed by atoms with Gasteiger partial charge in [0.05, 0.1) is 0 Å². The molecule has 24 heavy (non-hydrogen) atoms. The number of aromatic nitrogens is 2. The summed E-state index contributed by atoms with van der Waals surface area (Å²) < 4.78 is 5.42. The van der Waals surface area contributed by atoms with E-state index in [1.807, 2.05) is 30.3 Å². The molecule has 1 N–H and O–H groups in total. The van der Waals surface area contributed by atoms with Crippen LogP contribution >= 0.6 is 0 Å². The normalized spacial score (nSPS) is 24.8. The van der Waals surface area contributed by atoms with Gasteiger partial charge in [0.1, 0.15) is 0 Å². The summed E-state index contributed by atoms with van der Waals surface area (Å²) in [6.45, 7) is 5.34. The Morgan fingerprint density at radius 2 is 1.83 bits per heavy atom. The topological polar surface area (TPSA) is 65.6 Å². The van der Waals surface area contributed by atoms with Gasteiger partial charge in [-0.3, -0.25) is 0 Å². The average Bonchev–Trinajstić information content (AvgIpc) is 3.36. The van der Waals surface area contributed by atoms with Crippen LogP contribution in [0.15, 0.2) is 34.9 Å². The second kappa shape index (κ2) is 6.91. The number of benzene rings is 1. The highest BCUT2D eigenvalue weighted by Gasteiger charge is 2.35. The molecule has 0 saturated carbocycles. The van der Waals surface area contributed by atoms with Crippen molar-refractivity contribution in [3.05, 3.63) is 30.3 Å². The lowest BCUT2D eigenvalue weighted by Crippen LogP contribution is -2.32. The van der Waals surface area contributed by atoms with E-state index >= 15 is 0 Å². The zero-order valence-electron chi connectivity index (χ0n) is 13.8. The fraction of sp³-hybridized carbons (Fsp3) is 0.556. The Labute approximate surface area is 142 Å². The summed E-state index contributed by atoms with van der Waals surface area (Å²) in [5.41, 5.74) is 0.933. The van der Waals surface area contributed by atoms with Crippen LogP contribution in [0.25, 0.3) is 11.5 Å². The van der Waals surface area contributed by atoms with Gasteiger partial charge in [0, 0.05) is 37.7 Å². The second-order valence-electron chi connectivity index (χ2n) is 6.88. The van der Waals surface area contributed by atoms with Gasteiger partial charge in [0.15, 0.2) is 0 Å². The molecule has 0 amide bonds. The Morgan fingerprint density at radius 3 is 2.58 bits per heavy atom. The summed E-state index contributed by atoms with van der Waals surface area (Å²) in [5.74, 6) is 1.93. The van der Waals surface area contributed by atoms with Crippen molar-refractivity contribution in [2.75, 3.05) is 44.2 Å². The molecule has 1 aromatic heterocycles. The molecular weight excluding hydrogens is 304 g/mol. The van der Waals surface area contributed by atoms with Gasteiger partial charge in [-0.2, -0.15) is 4.98 Å². The lowest BCUT2D eigenvalue weighted by molar-refractivity contribution is 0.176. The molecule has 0 spiro atoms. The van der Waals surface area contributed by atoms with E-state index in [0.717, 1.165) is 25.2 Å². The standard InChI is InChI=1S/C18H24N4O2/c23-13-16-12-22(11-15(16)10-21-8-4-5-9-21)18-19-17(24-20-18)14-6-2-1-3-7-14/h1-3,6-7,15-16,23H,4-5,8-13H2. The summed E-state index contributed by atoms with van der Waals surface area (Å²) in [6.07, 6.45) is 2.59. The predicted octanol–water partition coefficient (Wildman–Crippen LogP) is 1.88. The molecule has 6 nitrogen and oxygen atoms in total. The Balaban J connectivity index is 1.45. The molecule has 0 bridgehead atoms.